The Morgan fingerprint density at radius 2 is 1.67 bits per heavy atom. The van der Waals surface area contributed by atoms with Crippen LogP contribution in [-0.4, -0.2) is 29.9 Å². The molecule has 1 saturated heterocycles. The lowest BCUT2D eigenvalue weighted by molar-refractivity contribution is -0.132. The molecule has 1 N–H and O–H groups in total. The van der Waals surface area contributed by atoms with Gasteiger partial charge >= 0.3 is 5.97 Å². The van der Waals surface area contributed by atoms with Crippen molar-refractivity contribution >= 4 is 29.1 Å². The molecule has 0 spiro atoms. The normalized spacial score (nSPS) is 16.9. The lowest BCUT2D eigenvalue weighted by Gasteiger charge is -2.26. The van der Waals surface area contributed by atoms with Gasteiger partial charge < -0.3 is 14.6 Å². The van der Waals surface area contributed by atoms with Crippen LogP contribution in [0.4, 0.5) is 5.69 Å². The molecule has 3 aromatic rings. The minimum atomic E-state index is -0.956. The molecular formula is C32H33NO6. The van der Waals surface area contributed by atoms with Gasteiger partial charge in [0, 0.05) is 23.7 Å². The first-order valence-corrected chi connectivity index (χ1v) is 12.7. The maximum atomic E-state index is 13.6. The average molecular weight is 528 g/mol. The number of ether oxygens (including phenoxy) is 2. The highest BCUT2D eigenvalue weighted by Gasteiger charge is 2.47. The molecule has 1 fully saturated rings. The number of hydrogen-bond acceptors (Lipinski definition) is 6. The minimum absolute atomic E-state index is 0.0526. The first-order valence-electron chi connectivity index (χ1n) is 12.7. The van der Waals surface area contributed by atoms with Gasteiger partial charge in [-0.25, -0.2) is 0 Å². The predicted molar refractivity (Wildman–Crippen MR) is 150 cm³/mol. The van der Waals surface area contributed by atoms with E-state index in [9.17, 15) is 19.5 Å². The number of aliphatic hydroxyl groups excluding tert-OH is 1. The highest BCUT2D eigenvalue weighted by Crippen LogP contribution is 2.44. The number of amides is 1. The zero-order valence-electron chi connectivity index (χ0n) is 23.3. The number of nitrogens with zero attached hydrogens (tertiary/aromatic N) is 1. The van der Waals surface area contributed by atoms with Gasteiger partial charge in [0.05, 0.1) is 18.7 Å². The molecule has 0 aromatic heterocycles. The first kappa shape index (κ1) is 27.6. The van der Waals surface area contributed by atoms with Crippen LogP contribution < -0.4 is 14.4 Å². The van der Waals surface area contributed by atoms with Crippen LogP contribution >= 0.6 is 0 Å². The van der Waals surface area contributed by atoms with Crippen LogP contribution in [0.15, 0.2) is 66.2 Å². The van der Waals surface area contributed by atoms with E-state index in [1.165, 1.54) is 11.8 Å². The summed E-state index contributed by atoms with van der Waals surface area (Å²) in [6.07, 6.45) is 0. The third kappa shape index (κ3) is 5.30. The highest BCUT2D eigenvalue weighted by molar-refractivity contribution is 6.51. The molecule has 4 rings (SSSR count). The van der Waals surface area contributed by atoms with E-state index in [0.29, 0.717) is 22.6 Å². The molecule has 1 amide bonds. The van der Waals surface area contributed by atoms with Gasteiger partial charge in [0.25, 0.3) is 11.7 Å². The van der Waals surface area contributed by atoms with E-state index >= 15 is 0 Å². The molecule has 1 atom stereocenters. The molecule has 7 nitrogen and oxygen atoms in total. The van der Waals surface area contributed by atoms with Crippen molar-refractivity contribution in [1.82, 2.24) is 0 Å². The number of aliphatic hydroxyl groups is 1. The van der Waals surface area contributed by atoms with Crippen molar-refractivity contribution in [1.29, 1.82) is 0 Å². The summed E-state index contributed by atoms with van der Waals surface area (Å²) in [6, 6.07) is 16.4. The molecule has 0 bridgehead atoms. The van der Waals surface area contributed by atoms with Crippen molar-refractivity contribution in [3.05, 3.63) is 94.1 Å². The fourth-order valence-electron chi connectivity index (χ4n) is 4.80. The molecule has 1 heterocycles. The van der Waals surface area contributed by atoms with E-state index in [1.807, 2.05) is 46.8 Å². The number of carbonyl (C=O) groups is 3. The second kappa shape index (κ2) is 10.4. The van der Waals surface area contributed by atoms with E-state index in [1.54, 1.807) is 55.6 Å². The van der Waals surface area contributed by atoms with Gasteiger partial charge in [-0.3, -0.25) is 19.3 Å². The number of aryl methyl sites for hydroxylation is 2. The molecule has 0 aliphatic carbocycles. The SMILES string of the molecule is COc1ccc(/C(O)=C2\C(=O)C(=O)N(c3ccc(C)c(C)c3)C2c2cccc(OC(C)=O)c2)cc1C(C)(C)C. The van der Waals surface area contributed by atoms with Crippen LogP contribution in [0.5, 0.6) is 11.5 Å². The Labute approximate surface area is 228 Å². The van der Waals surface area contributed by atoms with Crippen molar-refractivity contribution in [2.24, 2.45) is 0 Å². The van der Waals surface area contributed by atoms with Crippen molar-refractivity contribution in [3.63, 3.8) is 0 Å². The van der Waals surface area contributed by atoms with Crippen molar-refractivity contribution in [2.45, 2.75) is 53.0 Å². The van der Waals surface area contributed by atoms with E-state index < -0.39 is 23.7 Å². The fourth-order valence-corrected chi connectivity index (χ4v) is 4.80. The lowest BCUT2D eigenvalue weighted by atomic mass is 9.84. The Kier molecular flexibility index (Phi) is 7.37. The monoisotopic (exact) mass is 527 g/mol. The number of rotatable bonds is 5. The van der Waals surface area contributed by atoms with Gasteiger partial charge in [-0.15, -0.1) is 0 Å². The fraction of sp³-hybridized carbons (Fsp3) is 0.281. The number of benzene rings is 3. The number of hydrogen-bond donors (Lipinski definition) is 1. The van der Waals surface area contributed by atoms with Crippen LogP contribution in [0, 0.1) is 13.8 Å². The van der Waals surface area contributed by atoms with Crippen molar-refractivity contribution in [2.75, 3.05) is 12.0 Å². The van der Waals surface area contributed by atoms with E-state index in [4.69, 9.17) is 9.47 Å². The van der Waals surface area contributed by atoms with E-state index in [0.717, 1.165) is 16.7 Å². The summed E-state index contributed by atoms with van der Waals surface area (Å²) in [6.45, 7) is 11.3. The minimum Gasteiger partial charge on any atom is -0.507 e. The Morgan fingerprint density at radius 3 is 2.28 bits per heavy atom. The van der Waals surface area contributed by atoms with Gasteiger partial charge in [-0.2, -0.15) is 0 Å². The average Bonchev–Trinajstić information content (AvgIpc) is 3.14. The summed E-state index contributed by atoms with van der Waals surface area (Å²) in [5, 5.41) is 11.6. The molecule has 1 unspecified atom stereocenters. The van der Waals surface area contributed by atoms with Crippen LogP contribution in [-0.2, 0) is 19.8 Å². The predicted octanol–water partition coefficient (Wildman–Crippen LogP) is 6.16. The number of anilines is 1. The first-order chi connectivity index (χ1) is 18.3. The second-order valence-electron chi connectivity index (χ2n) is 10.8. The van der Waals surface area contributed by atoms with Crippen LogP contribution in [0.25, 0.3) is 5.76 Å². The zero-order chi connectivity index (χ0) is 28.6. The third-order valence-electron chi connectivity index (χ3n) is 6.93. The third-order valence-corrected chi connectivity index (χ3v) is 6.93. The Hall–Kier alpha value is -4.39. The molecule has 202 valence electrons. The lowest BCUT2D eigenvalue weighted by Crippen LogP contribution is -2.29. The number of ketones is 1. The molecule has 0 radical (unpaired) electrons. The summed E-state index contributed by atoms with van der Waals surface area (Å²) < 4.78 is 10.8. The standard InChI is InChI=1S/C32H33NO6/c1-18-11-13-23(15-19(18)2)33-28(21-9-8-10-24(16-21)39-20(3)34)27(30(36)31(33)37)29(35)22-12-14-26(38-7)25(17-22)32(4,5)6/h8-17,28,35H,1-7H3/b29-27+. The molecule has 0 saturated carbocycles. The molecule has 1 aliphatic rings. The maximum absolute atomic E-state index is 13.6. The van der Waals surface area contributed by atoms with E-state index in [2.05, 4.69) is 0 Å². The number of esters is 1. The smallest absolute Gasteiger partial charge is 0.308 e. The molecule has 3 aromatic carbocycles. The number of carbonyl (C=O) groups excluding carboxylic acids is 3. The van der Waals surface area contributed by atoms with Crippen molar-refractivity contribution in [3.8, 4) is 11.5 Å². The summed E-state index contributed by atoms with van der Waals surface area (Å²) in [4.78, 5) is 40.2. The Bertz CT molecular complexity index is 1510. The van der Waals surface area contributed by atoms with Crippen molar-refractivity contribution < 1.29 is 29.0 Å². The highest BCUT2D eigenvalue weighted by atomic mass is 16.5. The summed E-state index contributed by atoms with van der Waals surface area (Å²) in [7, 11) is 1.58. The molecule has 39 heavy (non-hydrogen) atoms. The van der Waals surface area contributed by atoms with Gasteiger partial charge in [0.1, 0.15) is 17.3 Å². The zero-order valence-corrected chi connectivity index (χ0v) is 23.3. The Balaban J connectivity index is 1.98. The number of methoxy groups -OCH3 is 1. The maximum Gasteiger partial charge on any atom is 0.308 e. The second-order valence-corrected chi connectivity index (χ2v) is 10.8. The summed E-state index contributed by atoms with van der Waals surface area (Å²) in [5.74, 6) is -1.43. The molecule has 1 aliphatic heterocycles. The molecule has 7 heteroatoms. The van der Waals surface area contributed by atoms with Gasteiger partial charge in [-0.1, -0.05) is 39.0 Å². The molecular weight excluding hydrogens is 494 g/mol. The van der Waals surface area contributed by atoms with Crippen LogP contribution in [0.2, 0.25) is 0 Å². The van der Waals surface area contributed by atoms with Crippen LogP contribution in [0.1, 0.15) is 61.6 Å². The van der Waals surface area contributed by atoms with E-state index in [-0.39, 0.29) is 22.5 Å². The van der Waals surface area contributed by atoms with Gasteiger partial charge in [-0.05, 0) is 78.4 Å². The summed E-state index contributed by atoms with van der Waals surface area (Å²) in [5.41, 5.74) is 3.88. The number of Topliss-reactive ketones (excluding diaryl/α,β-unsaturated/α-hetero) is 1. The Morgan fingerprint density at radius 1 is 0.949 bits per heavy atom. The largest absolute Gasteiger partial charge is 0.507 e. The topological polar surface area (TPSA) is 93.1 Å². The quantitative estimate of drug-likeness (QED) is 0.140. The van der Waals surface area contributed by atoms with Gasteiger partial charge in [0.2, 0.25) is 0 Å². The summed E-state index contributed by atoms with van der Waals surface area (Å²) >= 11 is 0. The van der Waals surface area contributed by atoms with Gasteiger partial charge in [0.15, 0.2) is 0 Å². The van der Waals surface area contributed by atoms with Crippen LogP contribution in [0.3, 0.4) is 0 Å².